The zero-order valence-corrected chi connectivity index (χ0v) is 19.1. The maximum absolute atomic E-state index is 12.9. The number of ether oxygens (including phenoxy) is 1. The molecular weight excluding hydrogens is 462 g/mol. The predicted octanol–water partition coefficient (Wildman–Crippen LogP) is 3.99. The predicted molar refractivity (Wildman–Crippen MR) is 128 cm³/mol. The molecule has 0 aliphatic carbocycles. The number of rotatable bonds is 9. The van der Waals surface area contributed by atoms with Crippen LogP contribution >= 0.6 is 11.6 Å². The fourth-order valence-electron chi connectivity index (χ4n) is 3.31. The summed E-state index contributed by atoms with van der Waals surface area (Å²) >= 11 is 6.17. The third-order valence-electron chi connectivity index (χ3n) is 4.96. The lowest BCUT2D eigenvalue weighted by molar-refractivity contribution is -0.137. The van der Waals surface area contributed by atoms with Gasteiger partial charge in [-0.2, -0.15) is 0 Å². The molecule has 10 heteroatoms. The number of aliphatic carboxylic acids is 1. The molecule has 1 atom stereocenters. The normalized spacial score (nSPS) is 11.5. The van der Waals surface area contributed by atoms with Crippen LogP contribution < -0.4 is 20.9 Å². The molecule has 0 aliphatic rings. The Morgan fingerprint density at radius 1 is 1.12 bits per heavy atom. The summed E-state index contributed by atoms with van der Waals surface area (Å²) in [7, 11) is 0. The Kier molecular flexibility index (Phi) is 8.15. The number of aromatic nitrogens is 1. The number of hydrogen-bond acceptors (Lipinski definition) is 5. The molecular formula is C24H24ClN3O6. The molecule has 0 unspecified atom stereocenters. The summed E-state index contributed by atoms with van der Waals surface area (Å²) in [5.74, 6) is -0.937. The number of amides is 2. The molecule has 4 N–H and O–H groups in total. The number of carbonyl (C=O) groups excluding carboxylic acids is 1. The first-order valence-electron chi connectivity index (χ1n) is 10.5. The lowest BCUT2D eigenvalue weighted by Crippen LogP contribution is -2.36. The van der Waals surface area contributed by atoms with E-state index in [1.165, 1.54) is 16.8 Å². The van der Waals surface area contributed by atoms with Crippen molar-refractivity contribution in [3.63, 3.8) is 0 Å². The van der Waals surface area contributed by atoms with Crippen molar-refractivity contribution in [3.05, 3.63) is 87.3 Å². The van der Waals surface area contributed by atoms with Crippen LogP contribution in [0.2, 0.25) is 5.02 Å². The minimum Gasteiger partial charge on any atom is -0.505 e. The highest BCUT2D eigenvalue weighted by Crippen LogP contribution is 2.23. The monoisotopic (exact) mass is 485 g/mol. The molecule has 1 aromatic heterocycles. The molecule has 34 heavy (non-hydrogen) atoms. The highest BCUT2D eigenvalue weighted by molar-refractivity contribution is 6.31. The second kappa shape index (κ2) is 11.2. The van der Waals surface area contributed by atoms with Crippen LogP contribution in [0.25, 0.3) is 0 Å². The van der Waals surface area contributed by atoms with Gasteiger partial charge in [-0.15, -0.1) is 0 Å². The average molecular weight is 486 g/mol. The molecule has 0 fully saturated rings. The molecule has 0 aliphatic heterocycles. The van der Waals surface area contributed by atoms with Crippen LogP contribution in [-0.2, 0) is 11.3 Å². The molecule has 0 bridgehead atoms. The smallest absolute Gasteiger partial charge is 0.319 e. The number of urea groups is 1. The summed E-state index contributed by atoms with van der Waals surface area (Å²) in [6.45, 7) is 2.45. The zero-order valence-electron chi connectivity index (χ0n) is 18.3. The molecule has 0 spiro atoms. The number of aromatic hydroxyl groups is 1. The Hall–Kier alpha value is -3.98. The summed E-state index contributed by atoms with van der Waals surface area (Å²) in [6, 6.07) is 13.2. The number of nitrogens with zero attached hydrogens (tertiary/aromatic N) is 1. The first-order chi connectivity index (χ1) is 16.3. The molecule has 178 valence electrons. The fourth-order valence-corrected chi connectivity index (χ4v) is 3.51. The molecule has 2 amide bonds. The average Bonchev–Trinajstić information content (AvgIpc) is 2.80. The van der Waals surface area contributed by atoms with E-state index in [0.717, 1.165) is 0 Å². The topological polar surface area (TPSA) is 130 Å². The largest absolute Gasteiger partial charge is 0.505 e. The van der Waals surface area contributed by atoms with Crippen molar-refractivity contribution in [3.8, 4) is 11.5 Å². The number of carbonyl (C=O) groups is 2. The van der Waals surface area contributed by atoms with E-state index in [0.29, 0.717) is 28.5 Å². The van der Waals surface area contributed by atoms with Crippen LogP contribution in [0.3, 0.4) is 0 Å². The van der Waals surface area contributed by atoms with E-state index in [1.807, 2.05) is 6.92 Å². The maximum atomic E-state index is 12.9. The van der Waals surface area contributed by atoms with Crippen molar-refractivity contribution in [1.82, 2.24) is 9.88 Å². The lowest BCUT2D eigenvalue weighted by Gasteiger charge is -2.19. The number of pyridine rings is 1. The van der Waals surface area contributed by atoms with E-state index in [1.54, 1.807) is 48.5 Å². The summed E-state index contributed by atoms with van der Waals surface area (Å²) in [4.78, 5) is 36.9. The van der Waals surface area contributed by atoms with E-state index in [2.05, 4.69) is 10.6 Å². The van der Waals surface area contributed by atoms with Crippen LogP contribution in [0.5, 0.6) is 11.5 Å². The Bertz CT molecular complexity index is 1230. The number of nitrogens with one attached hydrogen (secondary N) is 2. The third-order valence-corrected chi connectivity index (χ3v) is 5.33. The van der Waals surface area contributed by atoms with Gasteiger partial charge in [-0.1, -0.05) is 41.9 Å². The molecule has 0 saturated carbocycles. The van der Waals surface area contributed by atoms with Crippen LogP contribution in [0.4, 0.5) is 10.5 Å². The molecule has 9 nitrogen and oxygen atoms in total. The maximum Gasteiger partial charge on any atom is 0.319 e. The third kappa shape index (κ3) is 6.29. The summed E-state index contributed by atoms with van der Waals surface area (Å²) < 4.78 is 6.67. The van der Waals surface area contributed by atoms with Gasteiger partial charge in [0.15, 0.2) is 5.69 Å². The highest BCUT2D eigenvalue weighted by Gasteiger charge is 2.20. The van der Waals surface area contributed by atoms with Crippen LogP contribution in [0.1, 0.15) is 30.5 Å². The number of hydrogen-bond donors (Lipinski definition) is 4. The van der Waals surface area contributed by atoms with E-state index < -0.39 is 29.4 Å². The van der Waals surface area contributed by atoms with Gasteiger partial charge in [0.25, 0.3) is 5.56 Å². The number of benzene rings is 2. The number of halogens is 1. The Labute approximate surface area is 200 Å². The van der Waals surface area contributed by atoms with Crippen molar-refractivity contribution in [2.75, 3.05) is 11.9 Å². The Morgan fingerprint density at radius 2 is 1.82 bits per heavy atom. The van der Waals surface area contributed by atoms with Crippen molar-refractivity contribution in [2.45, 2.75) is 25.9 Å². The first kappa shape index (κ1) is 24.7. The molecule has 0 saturated heterocycles. The standard InChI is InChI=1S/C24H24ClN3O6/c1-2-34-17-9-7-15(8-10-17)19(13-21(30)31)26-24(33)27-22-20(29)11-12-28(23(22)32)14-16-5-3-4-6-18(16)25/h3-12,19,29H,2,13-14H2,1H3,(H,30,31)(H2,26,27,33)/t19-/m1/s1. The van der Waals surface area contributed by atoms with Crippen LogP contribution in [0.15, 0.2) is 65.6 Å². The minimum absolute atomic E-state index is 0.128. The molecule has 1 heterocycles. The van der Waals surface area contributed by atoms with Gasteiger partial charge < -0.3 is 30.2 Å². The number of carboxylic acid groups (broad SMARTS) is 1. The number of carboxylic acids is 1. The Balaban J connectivity index is 1.79. The highest BCUT2D eigenvalue weighted by atomic mass is 35.5. The SMILES string of the molecule is CCOc1ccc([C@@H](CC(=O)O)NC(=O)Nc2c(O)ccn(Cc3ccccc3Cl)c2=O)cc1. The second-order valence-corrected chi connectivity index (χ2v) is 7.76. The van der Waals surface area contributed by atoms with Gasteiger partial charge in [-0.25, -0.2) is 4.79 Å². The first-order valence-corrected chi connectivity index (χ1v) is 10.8. The van der Waals surface area contributed by atoms with Gasteiger partial charge in [-0.05, 0) is 42.3 Å². The van der Waals surface area contributed by atoms with Gasteiger partial charge in [0.2, 0.25) is 0 Å². The van der Waals surface area contributed by atoms with Crippen molar-refractivity contribution < 1.29 is 24.5 Å². The van der Waals surface area contributed by atoms with Crippen molar-refractivity contribution in [2.24, 2.45) is 0 Å². The molecule has 3 rings (SSSR count). The molecule has 2 aromatic carbocycles. The van der Waals surface area contributed by atoms with Crippen LogP contribution in [-0.4, -0.2) is 33.4 Å². The van der Waals surface area contributed by atoms with Gasteiger partial charge in [0.1, 0.15) is 11.5 Å². The van der Waals surface area contributed by atoms with Crippen LogP contribution in [0, 0.1) is 0 Å². The van der Waals surface area contributed by atoms with E-state index in [9.17, 15) is 24.6 Å². The number of anilines is 1. The van der Waals surface area contributed by atoms with Gasteiger partial charge in [0.05, 0.1) is 25.6 Å². The quantitative estimate of drug-likeness (QED) is 0.362. The molecule has 3 aromatic rings. The van der Waals surface area contributed by atoms with Gasteiger partial charge >= 0.3 is 12.0 Å². The summed E-state index contributed by atoms with van der Waals surface area (Å²) in [5.41, 5.74) is 0.234. The summed E-state index contributed by atoms with van der Waals surface area (Å²) in [6.07, 6.45) is 0.996. The minimum atomic E-state index is -1.12. The second-order valence-electron chi connectivity index (χ2n) is 7.35. The molecule has 0 radical (unpaired) electrons. The lowest BCUT2D eigenvalue weighted by atomic mass is 10.0. The van der Waals surface area contributed by atoms with Gasteiger partial charge in [0, 0.05) is 11.2 Å². The van der Waals surface area contributed by atoms with E-state index in [-0.39, 0.29) is 18.7 Å². The fraction of sp³-hybridized carbons (Fsp3) is 0.208. The summed E-state index contributed by atoms with van der Waals surface area (Å²) in [5, 5.41) is 24.8. The van der Waals surface area contributed by atoms with E-state index >= 15 is 0 Å². The Morgan fingerprint density at radius 3 is 2.47 bits per heavy atom. The zero-order chi connectivity index (χ0) is 24.7. The van der Waals surface area contributed by atoms with Crippen molar-refractivity contribution in [1.29, 1.82) is 0 Å². The van der Waals surface area contributed by atoms with E-state index in [4.69, 9.17) is 16.3 Å². The van der Waals surface area contributed by atoms with Gasteiger partial charge in [-0.3, -0.25) is 9.59 Å². The van der Waals surface area contributed by atoms with Crippen molar-refractivity contribution >= 4 is 29.3 Å².